The maximum absolute atomic E-state index is 12.0. The third-order valence-electron chi connectivity index (χ3n) is 3.69. The Kier molecular flexibility index (Phi) is 5.84. The van der Waals surface area contributed by atoms with Crippen molar-refractivity contribution in [2.45, 2.75) is 19.1 Å². The van der Waals surface area contributed by atoms with E-state index in [1.165, 1.54) is 0 Å². The van der Waals surface area contributed by atoms with Gasteiger partial charge in [-0.05, 0) is 24.6 Å². The van der Waals surface area contributed by atoms with Crippen LogP contribution in [0.4, 0.5) is 23.7 Å². The van der Waals surface area contributed by atoms with Crippen LogP contribution in [0.1, 0.15) is 18.5 Å². The van der Waals surface area contributed by atoms with Crippen LogP contribution in [0.5, 0.6) is 0 Å². The number of nitrogens with zero attached hydrogens (tertiary/aromatic N) is 1. The summed E-state index contributed by atoms with van der Waals surface area (Å²) in [5, 5.41) is 4.14. The number of hydrogen-bond acceptors (Lipinski definition) is 3. The molecular weight excluding hydrogens is 311 g/mol. The normalized spacial score (nSPS) is 17.6. The van der Waals surface area contributed by atoms with Gasteiger partial charge in [0.15, 0.2) is 0 Å². The lowest BCUT2D eigenvalue weighted by Crippen LogP contribution is -2.38. The summed E-state index contributed by atoms with van der Waals surface area (Å²) in [4.78, 5) is 13.7. The van der Waals surface area contributed by atoms with Gasteiger partial charge in [-0.15, -0.1) is 0 Å². The van der Waals surface area contributed by atoms with Gasteiger partial charge in [0.05, 0.1) is 13.2 Å². The van der Waals surface area contributed by atoms with Gasteiger partial charge in [-0.1, -0.05) is 12.1 Å². The van der Waals surface area contributed by atoms with Gasteiger partial charge in [-0.3, -0.25) is 4.90 Å². The Morgan fingerprint density at radius 3 is 2.43 bits per heavy atom. The molecule has 2 N–H and O–H groups in total. The zero-order valence-corrected chi connectivity index (χ0v) is 12.8. The van der Waals surface area contributed by atoms with Crippen molar-refractivity contribution in [1.29, 1.82) is 0 Å². The van der Waals surface area contributed by atoms with Crippen LogP contribution in [0.3, 0.4) is 0 Å². The van der Waals surface area contributed by atoms with Crippen LogP contribution >= 0.6 is 0 Å². The van der Waals surface area contributed by atoms with E-state index in [4.69, 9.17) is 4.74 Å². The number of amides is 2. The highest BCUT2D eigenvalue weighted by Gasteiger charge is 2.27. The second kappa shape index (κ2) is 7.65. The average Bonchev–Trinajstić information content (AvgIpc) is 2.53. The summed E-state index contributed by atoms with van der Waals surface area (Å²) in [6.07, 6.45) is -4.42. The van der Waals surface area contributed by atoms with Crippen LogP contribution in [0.25, 0.3) is 0 Å². The first-order chi connectivity index (χ1) is 10.8. The Morgan fingerprint density at radius 2 is 1.87 bits per heavy atom. The number of urea groups is 1. The number of carbonyl (C=O) groups excluding carboxylic acids is 1. The molecule has 1 aromatic carbocycles. The van der Waals surface area contributed by atoms with Crippen molar-refractivity contribution in [2.75, 3.05) is 38.2 Å². The molecule has 8 heteroatoms. The van der Waals surface area contributed by atoms with Crippen LogP contribution in [-0.4, -0.2) is 50.0 Å². The van der Waals surface area contributed by atoms with E-state index in [1.807, 2.05) is 12.1 Å². The van der Waals surface area contributed by atoms with Gasteiger partial charge in [-0.25, -0.2) is 4.79 Å². The number of nitrogens with one attached hydrogen (secondary N) is 2. The molecule has 1 saturated heterocycles. The maximum atomic E-state index is 12.0. The average molecular weight is 331 g/mol. The van der Waals surface area contributed by atoms with Gasteiger partial charge in [-0.2, -0.15) is 13.2 Å². The van der Waals surface area contributed by atoms with Crippen molar-refractivity contribution in [2.24, 2.45) is 0 Å². The molecular formula is C15H20F3N3O2. The van der Waals surface area contributed by atoms with Crippen molar-refractivity contribution >= 4 is 11.7 Å². The molecule has 1 fully saturated rings. The Labute approximate surface area is 132 Å². The molecule has 5 nitrogen and oxygen atoms in total. The number of anilines is 1. The lowest BCUT2D eigenvalue weighted by molar-refractivity contribution is -0.122. The molecule has 23 heavy (non-hydrogen) atoms. The third-order valence-corrected chi connectivity index (χ3v) is 3.69. The summed E-state index contributed by atoms with van der Waals surface area (Å²) in [5.74, 6) is 0. The minimum absolute atomic E-state index is 0.215. The largest absolute Gasteiger partial charge is 0.405 e. The lowest BCUT2D eigenvalue weighted by atomic mass is 10.1. The number of alkyl halides is 3. The second-order valence-corrected chi connectivity index (χ2v) is 5.37. The quantitative estimate of drug-likeness (QED) is 0.892. The number of benzene rings is 1. The molecule has 1 aliphatic heterocycles. The van der Waals surface area contributed by atoms with Gasteiger partial charge in [0.2, 0.25) is 0 Å². The summed E-state index contributed by atoms with van der Waals surface area (Å²) in [6, 6.07) is 6.42. The standard InChI is InChI=1S/C15H20F3N3O2/c1-11(21-6-8-23-9-7-21)12-2-4-13(5-3-12)20-14(22)19-10-15(16,17)18/h2-5,11H,6-10H2,1H3,(H2,19,20,22)/t11-/m1/s1. The Morgan fingerprint density at radius 1 is 1.26 bits per heavy atom. The van der Waals surface area contributed by atoms with Crippen LogP contribution < -0.4 is 10.6 Å². The molecule has 1 aromatic rings. The van der Waals surface area contributed by atoms with E-state index in [0.29, 0.717) is 18.9 Å². The zero-order valence-electron chi connectivity index (χ0n) is 12.8. The first kappa shape index (κ1) is 17.6. The van der Waals surface area contributed by atoms with E-state index in [-0.39, 0.29) is 6.04 Å². The van der Waals surface area contributed by atoms with Crippen molar-refractivity contribution in [1.82, 2.24) is 10.2 Å². The van der Waals surface area contributed by atoms with Crippen molar-refractivity contribution < 1.29 is 22.7 Å². The van der Waals surface area contributed by atoms with E-state index in [9.17, 15) is 18.0 Å². The highest BCUT2D eigenvalue weighted by molar-refractivity contribution is 5.89. The number of morpholine rings is 1. The van der Waals surface area contributed by atoms with Gasteiger partial charge < -0.3 is 15.4 Å². The van der Waals surface area contributed by atoms with Crippen LogP contribution in [0.2, 0.25) is 0 Å². The maximum Gasteiger partial charge on any atom is 0.405 e. The molecule has 0 unspecified atom stereocenters. The second-order valence-electron chi connectivity index (χ2n) is 5.37. The summed E-state index contributed by atoms with van der Waals surface area (Å²) in [6.45, 7) is 3.88. The molecule has 128 valence electrons. The Balaban J connectivity index is 1.87. The van der Waals surface area contributed by atoms with Crippen LogP contribution in [0, 0.1) is 0 Å². The predicted octanol–water partition coefficient (Wildman–Crippen LogP) is 2.76. The van der Waals surface area contributed by atoms with E-state index in [0.717, 1.165) is 18.7 Å². The number of ether oxygens (including phenoxy) is 1. The molecule has 0 aliphatic carbocycles. The van der Waals surface area contributed by atoms with Crippen molar-refractivity contribution in [3.63, 3.8) is 0 Å². The number of rotatable bonds is 4. The number of hydrogen-bond donors (Lipinski definition) is 2. The first-order valence-corrected chi connectivity index (χ1v) is 7.38. The van der Waals surface area contributed by atoms with Crippen LogP contribution in [-0.2, 0) is 4.74 Å². The molecule has 2 amide bonds. The fourth-order valence-electron chi connectivity index (χ4n) is 2.38. The van der Waals surface area contributed by atoms with E-state index in [1.54, 1.807) is 17.4 Å². The minimum atomic E-state index is -4.42. The summed E-state index contributed by atoms with van der Waals surface area (Å²) in [7, 11) is 0. The fraction of sp³-hybridized carbons (Fsp3) is 0.533. The third kappa shape index (κ3) is 5.72. The van der Waals surface area contributed by atoms with Crippen molar-refractivity contribution in [3.05, 3.63) is 29.8 Å². The monoisotopic (exact) mass is 331 g/mol. The summed E-state index contributed by atoms with van der Waals surface area (Å²) < 4.78 is 41.4. The Bertz CT molecular complexity index is 514. The predicted molar refractivity (Wildman–Crippen MR) is 80.3 cm³/mol. The zero-order chi connectivity index (χ0) is 16.9. The minimum Gasteiger partial charge on any atom is -0.379 e. The highest BCUT2D eigenvalue weighted by Crippen LogP contribution is 2.22. The lowest BCUT2D eigenvalue weighted by Gasteiger charge is -2.32. The summed E-state index contributed by atoms with van der Waals surface area (Å²) >= 11 is 0. The molecule has 1 atom stereocenters. The topological polar surface area (TPSA) is 53.6 Å². The van der Waals surface area contributed by atoms with Crippen LogP contribution in [0.15, 0.2) is 24.3 Å². The van der Waals surface area contributed by atoms with Crippen molar-refractivity contribution in [3.8, 4) is 0 Å². The molecule has 0 bridgehead atoms. The van der Waals surface area contributed by atoms with Gasteiger partial charge in [0, 0.05) is 24.8 Å². The van der Waals surface area contributed by atoms with Gasteiger partial charge >= 0.3 is 12.2 Å². The number of carbonyl (C=O) groups is 1. The van der Waals surface area contributed by atoms with E-state index >= 15 is 0 Å². The molecule has 1 aliphatic rings. The molecule has 0 aromatic heterocycles. The fourth-order valence-corrected chi connectivity index (χ4v) is 2.38. The van der Waals surface area contributed by atoms with E-state index in [2.05, 4.69) is 17.1 Å². The van der Waals surface area contributed by atoms with Gasteiger partial charge in [0.25, 0.3) is 0 Å². The molecule has 0 spiro atoms. The smallest absolute Gasteiger partial charge is 0.379 e. The first-order valence-electron chi connectivity index (χ1n) is 7.38. The number of halogens is 3. The van der Waals surface area contributed by atoms with Gasteiger partial charge in [0.1, 0.15) is 6.54 Å². The molecule has 0 saturated carbocycles. The molecule has 1 heterocycles. The Hall–Kier alpha value is -1.80. The molecule has 2 rings (SSSR count). The highest BCUT2D eigenvalue weighted by atomic mass is 19.4. The summed E-state index contributed by atoms with van der Waals surface area (Å²) in [5.41, 5.74) is 1.52. The SMILES string of the molecule is C[C@H](c1ccc(NC(=O)NCC(F)(F)F)cc1)N1CCOCC1. The van der Waals surface area contributed by atoms with E-state index < -0.39 is 18.8 Å². The molecule has 0 radical (unpaired) electrons.